The predicted molar refractivity (Wildman–Crippen MR) is 46.9 cm³/mol. The molecule has 4 heteroatoms. The van der Waals surface area contributed by atoms with Crippen molar-refractivity contribution in [2.75, 3.05) is 23.7 Å². The summed E-state index contributed by atoms with van der Waals surface area (Å²) in [5, 5.41) is 9.06. The number of pyridine rings is 1. The molecule has 0 spiro atoms. The Morgan fingerprint density at radius 1 is 1.58 bits per heavy atom. The number of aliphatic hydroxyl groups is 1. The zero-order valence-corrected chi connectivity index (χ0v) is 6.64. The van der Waals surface area contributed by atoms with E-state index in [4.69, 9.17) is 10.8 Å². The van der Waals surface area contributed by atoms with Crippen molar-refractivity contribution in [1.82, 2.24) is 4.98 Å². The van der Waals surface area contributed by atoms with Gasteiger partial charge in [0.05, 0.1) is 11.8 Å². The summed E-state index contributed by atoms with van der Waals surface area (Å²) >= 11 is 0. The molecular weight excluding hydrogens is 154 g/mol. The number of anilines is 2. The van der Waals surface area contributed by atoms with Gasteiger partial charge in [-0.2, -0.15) is 0 Å². The molecule has 1 aromatic heterocycles. The lowest BCUT2D eigenvalue weighted by atomic mass is 10.1. The Kier molecular flexibility index (Phi) is 1.62. The Morgan fingerprint density at radius 2 is 2.33 bits per heavy atom. The van der Waals surface area contributed by atoms with Gasteiger partial charge in [0.25, 0.3) is 0 Å². The number of nitrogens with zero attached hydrogens (tertiary/aromatic N) is 2. The molecule has 0 amide bonds. The van der Waals surface area contributed by atoms with Crippen LogP contribution in [0.2, 0.25) is 0 Å². The highest BCUT2D eigenvalue weighted by atomic mass is 16.3. The van der Waals surface area contributed by atoms with Crippen LogP contribution in [0.15, 0.2) is 18.3 Å². The molecule has 1 aliphatic rings. The van der Waals surface area contributed by atoms with Gasteiger partial charge in [0, 0.05) is 19.3 Å². The largest absolute Gasteiger partial charge is 0.396 e. The molecule has 1 aliphatic heterocycles. The predicted octanol–water partition coefficient (Wildman–Crippen LogP) is -0.155. The third-order valence-corrected chi connectivity index (χ3v) is 1.98. The van der Waals surface area contributed by atoms with E-state index in [9.17, 15) is 0 Å². The first-order valence-electron chi connectivity index (χ1n) is 3.91. The number of nitrogen functional groups attached to an aromatic ring is 1. The lowest BCUT2D eigenvalue weighted by Gasteiger charge is -2.37. The van der Waals surface area contributed by atoms with E-state index in [0.29, 0.717) is 18.8 Å². The molecule has 0 bridgehead atoms. The number of hydrogen-bond acceptors (Lipinski definition) is 4. The Balaban J connectivity index is 2.18. The van der Waals surface area contributed by atoms with Crippen molar-refractivity contribution in [3.05, 3.63) is 18.3 Å². The number of β-amino-alcohol motifs (C(OH)–C–C–N with tert-alkyl or cyclic N) is 1. The molecule has 1 aromatic rings. The van der Waals surface area contributed by atoms with Gasteiger partial charge >= 0.3 is 0 Å². The third kappa shape index (κ3) is 1.10. The normalized spacial score (nSPS) is 17.6. The van der Waals surface area contributed by atoms with Crippen molar-refractivity contribution in [2.45, 2.75) is 6.10 Å². The van der Waals surface area contributed by atoms with E-state index in [1.54, 1.807) is 12.3 Å². The van der Waals surface area contributed by atoms with Crippen LogP contribution in [0.5, 0.6) is 0 Å². The second-order valence-electron chi connectivity index (χ2n) is 2.98. The number of aromatic nitrogens is 1. The summed E-state index contributed by atoms with van der Waals surface area (Å²) in [4.78, 5) is 6.08. The van der Waals surface area contributed by atoms with Gasteiger partial charge in [-0.3, -0.25) is 0 Å². The van der Waals surface area contributed by atoms with Crippen molar-refractivity contribution in [3.8, 4) is 0 Å². The lowest BCUT2D eigenvalue weighted by molar-refractivity contribution is 0.141. The number of rotatable bonds is 1. The minimum atomic E-state index is -0.216. The Bertz CT molecular complexity index is 283. The molecule has 0 aromatic carbocycles. The van der Waals surface area contributed by atoms with Crippen LogP contribution in [0.3, 0.4) is 0 Å². The molecule has 64 valence electrons. The first-order chi connectivity index (χ1) is 5.77. The van der Waals surface area contributed by atoms with Gasteiger partial charge in [-0.25, -0.2) is 4.98 Å². The maximum absolute atomic E-state index is 9.06. The molecule has 1 saturated heterocycles. The van der Waals surface area contributed by atoms with Crippen LogP contribution in [0.4, 0.5) is 11.5 Å². The van der Waals surface area contributed by atoms with Crippen molar-refractivity contribution in [2.24, 2.45) is 0 Å². The fourth-order valence-electron chi connectivity index (χ4n) is 1.30. The SMILES string of the molecule is Nc1cccnc1N1CC(O)C1. The van der Waals surface area contributed by atoms with Gasteiger partial charge in [0.2, 0.25) is 0 Å². The van der Waals surface area contributed by atoms with Crippen LogP contribution >= 0.6 is 0 Å². The molecule has 2 heterocycles. The van der Waals surface area contributed by atoms with Crippen molar-refractivity contribution < 1.29 is 5.11 Å². The van der Waals surface area contributed by atoms with Gasteiger partial charge in [0.1, 0.15) is 0 Å². The summed E-state index contributed by atoms with van der Waals surface area (Å²) in [7, 11) is 0. The Labute approximate surface area is 70.6 Å². The van der Waals surface area contributed by atoms with Crippen LogP contribution < -0.4 is 10.6 Å². The minimum absolute atomic E-state index is 0.216. The van der Waals surface area contributed by atoms with E-state index >= 15 is 0 Å². The monoisotopic (exact) mass is 165 g/mol. The van der Waals surface area contributed by atoms with Gasteiger partial charge < -0.3 is 15.7 Å². The first kappa shape index (κ1) is 7.36. The zero-order chi connectivity index (χ0) is 8.55. The van der Waals surface area contributed by atoms with E-state index in [-0.39, 0.29) is 6.10 Å². The molecule has 4 nitrogen and oxygen atoms in total. The molecule has 2 rings (SSSR count). The van der Waals surface area contributed by atoms with Crippen molar-refractivity contribution in [1.29, 1.82) is 0 Å². The van der Waals surface area contributed by atoms with Crippen LogP contribution in [-0.2, 0) is 0 Å². The second-order valence-corrected chi connectivity index (χ2v) is 2.98. The molecule has 3 N–H and O–H groups in total. The quantitative estimate of drug-likeness (QED) is 0.607. The van der Waals surface area contributed by atoms with Crippen LogP contribution in [0.1, 0.15) is 0 Å². The van der Waals surface area contributed by atoms with E-state index in [2.05, 4.69) is 4.98 Å². The maximum atomic E-state index is 9.06. The molecule has 12 heavy (non-hydrogen) atoms. The number of hydrogen-bond donors (Lipinski definition) is 2. The Hall–Kier alpha value is -1.29. The maximum Gasteiger partial charge on any atom is 0.151 e. The Morgan fingerprint density at radius 3 is 2.92 bits per heavy atom. The smallest absolute Gasteiger partial charge is 0.151 e. The lowest BCUT2D eigenvalue weighted by Crippen LogP contribution is -2.51. The minimum Gasteiger partial charge on any atom is -0.396 e. The number of aliphatic hydroxyl groups excluding tert-OH is 1. The van der Waals surface area contributed by atoms with E-state index < -0.39 is 0 Å². The summed E-state index contributed by atoms with van der Waals surface area (Å²) < 4.78 is 0. The summed E-state index contributed by atoms with van der Waals surface area (Å²) in [5.41, 5.74) is 6.36. The van der Waals surface area contributed by atoms with Gasteiger partial charge in [-0.15, -0.1) is 0 Å². The van der Waals surface area contributed by atoms with Gasteiger partial charge in [-0.1, -0.05) is 0 Å². The first-order valence-corrected chi connectivity index (χ1v) is 3.91. The molecule has 0 atom stereocenters. The van der Waals surface area contributed by atoms with E-state index in [1.807, 2.05) is 11.0 Å². The zero-order valence-electron chi connectivity index (χ0n) is 6.64. The molecule has 0 radical (unpaired) electrons. The standard InChI is InChI=1S/C8H11N3O/c9-7-2-1-3-10-8(7)11-4-6(12)5-11/h1-3,6,12H,4-5,9H2. The molecule has 1 fully saturated rings. The van der Waals surface area contributed by atoms with Crippen molar-refractivity contribution >= 4 is 11.5 Å². The summed E-state index contributed by atoms with van der Waals surface area (Å²) in [5.74, 6) is 0.780. The molecular formula is C8H11N3O. The summed E-state index contributed by atoms with van der Waals surface area (Å²) in [6.45, 7) is 1.28. The topological polar surface area (TPSA) is 62.4 Å². The van der Waals surface area contributed by atoms with Crippen LogP contribution in [0, 0.1) is 0 Å². The van der Waals surface area contributed by atoms with Crippen LogP contribution in [-0.4, -0.2) is 29.3 Å². The van der Waals surface area contributed by atoms with E-state index in [1.165, 1.54) is 0 Å². The van der Waals surface area contributed by atoms with Crippen LogP contribution in [0.25, 0.3) is 0 Å². The number of nitrogens with two attached hydrogens (primary N) is 1. The third-order valence-electron chi connectivity index (χ3n) is 1.98. The molecule has 0 unspecified atom stereocenters. The average Bonchev–Trinajstić information content (AvgIpc) is 2.01. The summed E-state index contributed by atoms with van der Waals surface area (Å²) in [6.07, 6.45) is 1.49. The van der Waals surface area contributed by atoms with Gasteiger partial charge in [0.15, 0.2) is 5.82 Å². The summed E-state index contributed by atoms with van der Waals surface area (Å²) in [6, 6.07) is 3.61. The highest BCUT2D eigenvalue weighted by Gasteiger charge is 2.26. The molecule has 0 saturated carbocycles. The van der Waals surface area contributed by atoms with E-state index in [0.717, 1.165) is 5.82 Å². The fourth-order valence-corrected chi connectivity index (χ4v) is 1.30. The fraction of sp³-hybridized carbons (Fsp3) is 0.375. The highest BCUT2D eigenvalue weighted by Crippen LogP contribution is 2.23. The second kappa shape index (κ2) is 2.64. The van der Waals surface area contributed by atoms with Gasteiger partial charge in [-0.05, 0) is 12.1 Å². The molecule has 0 aliphatic carbocycles. The van der Waals surface area contributed by atoms with Crippen molar-refractivity contribution in [3.63, 3.8) is 0 Å². The average molecular weight is 165 g/mol. The highest BCUT2D eigenvalue weighted by molar-refractivity contribution is 5.63.